The number of fused-ring (bicyclic) bond motifs is 3. The number of aryl methyl sites for hydroxylation is 1. The van der Waals surface area contributed by atoms with E-state index in [4.69, 9.17) is 5.73 Å². The van der Waals surface area contributed by atoms with Crippen molar-refractivity contribution < 1.29 is 8.42 Å². The van der Waals surface area contributed by atoms with E-state index >= 15 is 0 Å². The van der Waals surface area contributed by atoms with E-state index < -0.39 is 10.0 Å². The van der Waals surface area contributed by atoms with E-state index in [-0.39, 0.29) is 6.04 Å². The monoisotopic (exact) mass is 312 g/mol. The minimum absolute atomic E-state index is 0.0452. The van der Waals surface area contributed by atoms with Crippen LogP contribution in [-0.2, 0) is 23.1 Å². The molecule has 6 nitrogen and oxygen atoms in total. The molecule has 2 bridgehead atoms. The second kappa shape index (κ2) is 5.72. The van der Waals surface area contributed by atoms with Crippen LogP contribution in [0.25, 0.3) is 0 Å². The van der Waals surface area contributed by atoms with Gasteiger partial charge in [-0.05, 0) is 44.8 Å². The second-order valence-electron chi connectivity index (χ2n) is 6.02. The first-order valence-electron chi connectivity index (χ1n) is 7.67. The van der Waals surface area contributed by atoms with Crippen molar-refractivity contribution in [2.24, 2.45) is 11.7 Å². The molecule has 21 heavy (non-hydrogen) atoms. The number of piperidine rings is 3. The smallest absolute Gasteiger partial charge is 0.242 e. The summed E-state index contributed by atoms with van der Waals surface area (Å²) in [5, 5.41) is 0. The van der Waals surface area contributed by atoms with Crippen molar-refractivity contribution in [2.45, 2.75) is 43.8 Å². The summed E-state index contributed by atoms with van der Waals surface area (Å²) in [5.74, 6) is 0.479. The third-order valence-electron chi connectivity index (χ3n) is 4.78. The summed E-state index contributed by atoms with van der Waals surface area (Å²) in [7, 11) is -3.46. The fourth-order valence-corrected chi connectivity index (χ4v) is 4.86. The molecule has 0 aromatic carbocycles. The van der Waals surface area contributed by atoms with Gasteiger partial charge in [-0.2, -0.15) is 0 Å². The molecule has 1 aromatic heterocycles. The number of sulfonamides is 1. The molecule has 1 atom stereocenters. The normalized spacial score (nSPS) is 29.0. The molecule has 0 aliphatic carbocycles. The summed E-state index contributed by atoms with van der Waals surface area (Å²) < 4.78 is 30.0. The molecule has 3 fully saturated rings. The van der Waals surface area contributed by atoms with Gasteiger partial charge < -0.3 is 15.2 Å². The number of aromatic nitrogens is 1. The van der Waals surface area contributed by atoms with Crippen LogP contribution in [0.5, 0.6) is 0 Å². The van der Waals surface area contributed by atoms with Crippen LogP contribution in [0.2, 0.25) is 0 Å². The second-order valence-corrected chi connectivity index (χ2v) is 7.74. The Bertz CT molecular complexity index is 581. The lowest BCUT2D eigenvalue weighted by atomic mass is 9.85. The highest BCUT2D eigenvalue weighted by Crippen LogP contribution is 2.28. The molecule has 3 aliphatic heterocycles. The van der Waals surface area contributed by atoms with E-state index in [0.717, 1.165) is 44.7 Å². The fraction of sp³-hybridized carbons (Fsp3) is 0.714. The molecule has 3 saturated heterocycles. The molecule has 3 aliphatic rings. The Labute approximate surface area is 126 Å². The fourth-order valence-electron chi connectivity index (χ4n) is 3.50. The van der Waals surface area contributed by atoms with E-state index in [9.17, 15) is 8.42 Å². The molecule has 1 unspecified atom stereocenters. The van der Waals surface area contributed by atoms with Gasteiger partial charge >= 0.3 is 0 Å². The standard InChI is InChI=1S/C14H24N4O2S/c1-2-18-9-13(7-12(18)8-15)21(19,20)16-14-10-17-5-3-11(14)4-6-17/h7,9,11,14,16H,2-6,8,10,15H2,1H3. The maximum atomic E-state index is 12.6. The summed E-state index contributed by atoms with van der Waals surface area (Å²) in [4.78, 5) is 2.68. The summed E-state index contributed by atoms with van der Waals surface area (Å²) in [6.07, 6.45) is 3.88. The Morgan fingerprint density at radius 3 is 2.57 bits per heavy atom. The molecule has 0 radical (unpaired) electrons. The average molecular weight is 312 g/mol. The molecule has 0 saturated carbocycles. The summed E-state index contributed by atoms with van der Waals surface area (Å²) in [5.41, 5.74) is 6.53. The van der Waals surface area contributed by atoms with Crippen LogP contribution in [0.3, 0.4) is 0 Å². The molecule has 7 heteroatoms. The van der Waals surface area contributed by atoms with Crippen LogP contribution in [0.1, 0.15) is 25.5 Å². The van der Waals surface area contributed by atoms with E-state index in [1.165, 1.54) is 0 Å². The summed E-state index contributed by atoms with van der Waals surface area (Å²) in [6, 6.07) is 1.73. The maximum absolute atomic E-state index is 12.6. The molecule has 4 heterocycles. The van der Waals surface area contributed by atoms with E-state index in [2.05, 4.69) is 9.62 Å². The first kappa shape index (κ1) is 15.0. The predicted molar refractivity (Wildman–Crippen MR) is 81.3 cm³/mol. The summed E-state index contributed by atoms with van der Waals surface area (Å²) in [6.45, 7) is 6.10. The lowest BCUT2D eigenvalue weighted by Gasteiger charge is -2.44. The number of nitrogens with two attached hydrogens (primary N) is 1. The van der Waals surface area contributed by atoms with Crippen LogP contribution in [0.15, 0.2) is 17.2 Å². The third kappa shape index (κ3) is 2.88. The van der Waals surface area contributed by atoms with Gasteiger partial charge in [0.1, 0.15) is 0 Å². The Kier molecular flexibility index (Phi) is 4.09. The summed E-state index contributed by atoms with van der Waals surface area (Å²) >= 11 is 0. The first-order valence-corrected chi connectivity index (χ1v) is 9.15. The van der Waals surface area contributed by atoms with Gasteiger partial charge in [0.25, 0.3) is 0 Å². The average Bonchev–Trinajstić information content (AvgIpc) is 2.92. The number of hydrogen-bond acceptors (Lipinski definition) is 4. The van der Waals surface area contributed by atoms with Gasteiger partial charge in [-0.1, -0.05) is 0 Å². The molecular formula is C14H24N4O2S. The van der Waals surface area contributed by atoms with Crippen LogP contribution >= 0.6 is 0 Å². The molecular weight excluding hydrogens is 288 g/mol. The maximum Gasteiger partial charge on any atom is 0.242 e. The van der Waals surface area contributed by atoms with Crippen LogP contribution in [-0.4, -0.2) is 43.6 Å². The van der Waals surface area contributed by atoms with Crippen molar-refractivity contribution in [3.05, 3.63) is 18.0 Å². The SMILES string of the molecule is CCn1cc(S(=O)(=O)NC2CN3CCC2CC3)cc1CN. The van der Waals surface area contributed by atoms with Gasteiger partial charge in [0.05, 0.1) is 4.90 Å². The predicted octanol–water partition coefficient (Wildman–Crippen LogP) is 0.339. The highest BCUT2D eigenvalue weighted by molar-refractivity contribution is 7.89. The number of nitrogens with one attached hydrogen (secondary N) is 1. The van der Waals surface area contributed by atoms with Crippen molar-refractivity contribution in [3.8, 4) is 0 Å². The molecule has 118 valence electrons. The van der Waals surface area contributed by atoms with Gasteiger partial charge in [0.2, 0.25) is 10.0 Å². The number of rotatable bonds is 5. The minimum Gasteiger partial charge on any atom is -0.349 e. The lowest BCUT2D eigenvalue weighted by Crippen LogP contribution is -2.57. The first-order chi connectivity index (χ1) is 10.0. The van der Waals surface area contributed by atoms with Crippen molar-refractivity contribution in [1.29, 1.82) is 0 Å². The van der Waals surface area contributed by atoms with Crippen molar-refractivity contribution >= 4 is 10.0 Å². The van der Waals surface area contributed by atoms with Gasteiger partial charge in [0.15, 0.2) is 0 Å². The zero-order chi connectivity index (χ0) is 15.0. The van der Waals surface area contributed by atoms with Gasteiger partial charge in [-0.25, -0.2) is 13.1 Å². The zero-order valence-corrected chi connectivity index (χ0v) is 13.3. The van der Waals surface area contributed by atoms with Gasteiger partial charge in [-0.3, -0.25) is 0 Å². The Hall–Kier alpha value is -0.890. The highest BCUT2D eigenvalue weighted by Gasteiger charge is 2.36. The van der Waals surface area contributed by atoms with Crippen molar-refractivity contribution in [1.82, 2.24) is 14.2 Å². The molecule has 0 spiro atoms. The van der Waals surface area contributed by atoms with Crippen LogP contribution in [0, 0.1) is 5.92 Å². The van der Waals surface area contributed by atoms with Crippen LogP contribution < -0.4 is 10.5 Å². The van der Waals surface area contributed by atoms with Crippen LogP contribution in [0.4, 0.5) is 0 Å². The number of hydrogen-bond donors (Lipinski definition) is 2. The molecule has 0 amide bonds. The third-order valence-corrected chi connectivity index (χ3v) is 6.24. The van der Waals surface area contributed by atoms with Crippen molar-refractivity contribution in [2.75, 3.05) is 19.6 Å². The topological polar surface area (TPSA) is 80.4 Å². The largest absolute Gasteiger partial charge is 0.349 e. The highest BCUT2D eigenvalue weighted by atomic mass is 32.2. The molecule has 3 N–H and O–H groups in total. The Morgan fingerprint density at radius 1 is 1.38 bits per heavy atom. The molecule has 4 rings (SSSR count). The van der Waals surface area contributed by atoms with Crippen molar-refractivity contribution in [3.63, 3.8) is 0 Å². The Balaban J connectivity index is 1.79. The Morgan fingerprint density at radius 2 is 2.10 bits per heavy atom. The van der Waals surface area contributed by atoms with Gasteiger partial charge in [0, 0.05) is 37.6 Å². The van der Waals surface area contributed by atoms with E-state index in [1.807, 2.05) is 11.5 Å². The number of nitrogens with zero attached hydrogens (tertiary/aromatic N) is 2. The minimum atomic E-state index is -3.46. The quantitative estimate of drug-likeness (QED) is 0.821. The lowest BCUT2D eigenvalue weighted by molar-refractivity contribution is 0.0827. The van der Waals surface area contributed by atoms with E-state index in [0.29, 0.717) is 17.4 Å². The zero-order valence-electron chi connectivity index (χ0n) is 12.5. The van der Waals surface area contributed by atoms with Gasteiger partial charge in [-0.15, -0.1) is 0 Å². The van der Waals surface area contributed by atoms with E-state index in [1.54, 1.807) is 12.3 Å². The molecule has 1 aromatic rings.